The first kappa shape index (κ1) is 11.5. The van der Waals surface area contributed by atoms with Crippen LogP contribution < -0.4 is 5.32 Å². The molecule has 88 valence electrons. The maximum absolute atomic E-state index is 11.6. The van der Waals surface area contributed by atoms with Gasteiger partial charge in [0.15, 0.2) is 0 Å². The van der Waals surface area contributed by atoms with Gasteiger partial charge in [-0.2, -0.15) is 0 Å². The third-order valence-electron chi connectivity index (χ3n) is 2.72. The first-order valence-electron chi connectivity index (χ1n) is 5.65. The molecular weight excluding hydrogens is 212 g/mol. The van der Waals surface area contributed by atoms with Gasteiger partial charge in [-0.1, -0.05) is 18.2 Å². The van der Waals surface area contributed by atoms with Gasteiger partial charge in [-0.25, -0.2) is 0 Å². The lowest BCUT2D eigenvalue weighted by Gasteiger charge is -2.01. The highest BCUT2D eigenvalue weighted by Gasteiger charge is 2.07. The Hall–Kier alpha value is -2.03. The van der Waals surface area contributed by atoms with Gasteiger partial charge in [0.2, 0.25) is 5.91 Å². The largest absolute Gasteiger partial charge is 0.361 e. The summed E-state index contributed by atoms with van der Waals surface area (Å²) in [4.78, 5) is 14.8. The molecule has 0 fully saturated rings. The molecule has 0 aliphatic carbocycles. The highest BCUT2D eigenvalue weighted by atomic mass is 16.1. The highest BCUT2D eigenvalue weighted by molar-refractivity contribution is 5.89. The summed E-state index contributed by atoms with van der Waals surface area (Å²) in [6, 6.07) is 6.19. The molecule has 0 saturated carbocycles. The van der Waals surface area contributed by atoms with Crippen LogP contribution in [0, 0.1) is 6.92 Å². The van der Waals surface area contributed by atoms with Crippen molar-refractivity contribution in [2.45, 2.75) is 13.3 Å². The number of benzene rings is 1. The van der Waals surface area contributed by atoms with Crippen LogP contribution in [0.4, 0.5) is 0 Å². The number of H-pyrrole nitrogens is 1. The van der Waals surface area contributed by atoms with Crippen molar-refractivity contribution in [3.8, 4) is 0 Å². The quantitative estimate of drug-likeness (QED) is 0.775. The maximum Gasteiger partial charge on any atom is 0.224 e. The number of nitrogens with one attached hydrogen (secondary N) is 2. The SMILES string of the molecule is C=CCNC(=O)Cc1c[nH]c2cc(C)ccc12. The van der Waals surface area contributed by atoms with Crippen molar-refractivity contribution >= 4 is 16.8 Å². The number of fused-ring (bicyclic) bond motifs is 1. The van der Waals surface area contributed by atoms with Crippen LogP contribution in [0.5, 0.6) is 0 Å². The van der Waals surface area contributed by atoms with Crippen LogP contribution in [0.15, 0.2) is 37.1 Å². The van der Waals surface area contributed by atoms with E-state index in [1.807, 2.05) is 6.20 Å². The summed E-state index contributed by atoms with van der Waals surface area (Å²) in [7, 11) is 0. The fourth-order valence-electron chi connectivity index (χ4n) is 1.87. The topological polar surface area (TPSA) is 44.9 Å². The monoisotopic (exact) mass is 228 g/mol. The summed E-state index contributed by atoms with van der Waals surface area (Å²) < 4.78 is 0. The molecular formula is C14H16N2O. The van der Waals surface area contributed by atoms with E-state index in [4.69, 9.17) is 0 Å². The molecule has 1 heterocycles. The number of aryl methyl sites for hydroxylation is 1. The van der Waals surface area contributed by atoms with Gasteiger partial charge in [0, 0.05) is 23.6 Å². The van der Waals surface area contributed by atoms with E-state index in [0.717, 1.165) is 16.5 Å². The molecule has 1 aromatic heterocycles. The van der Waals surface area contributed by atoms with Gasteiger partial charge >= 0.3 is 0 Å². The summed E-state index contributed by atoms with van der Waals surface area (Å²) in [5.41, 5.74) is 3.32. The molecule has 0 radical (unpaired) electrons. The predicted octanol–water partition coefficient (Wildman–Crippen LogP) is 2.32. The molecule has 0 saturated heterocycles. The summed E-state index contributed by atoms with van der Waals surface area (Å²) in [5.74, 6) is 0.0198. The van der Waals surface area contributed by atoms with Crippen molar-refractivity contribution in [2.75, 3.05) is 6.54 Å². The minimum atomic E-state index is 0.0198. The molecule has 0 unspecified atom stereocenters. The Morgan fingerprint density at radius 1 is 1.53 bits per heavy atom. The lowest BCUT2D eigenvalue weighted by Crippen LogP contribution is -2.24. The average Bonchev–Trinajstić information content (AvgIpc) is 2.69. The molecule has 0 spiro atoms. The summed E-state index contributed by atoms with van der Waals surface area (Å²) >= 11 is 0. The molecule has 2 N–H and O–H groups in total. The minimum Gasteiger partial charge on any atom is -0.361 e. The van der Waals surface area contributed by atoms with E-state index in [-0.39, 0.29) is 5.91 Å². The highest BCUT2D eigenvalue weighted by Crippen LogP contribution is 2.19. The zero-order chi connectivity index (χ0) is 12.3. The number of rotatable bonds is 4. The second-order valence-electron chi connectivity index (χ2n) is 4.13. The fourth-order valence-corrected chi connectivity index (χ4v) is 1.87. The van der Waals surface area contributed by atoms with Crippen molar-refractivity contribution in [3.63, 3.8) is 0 Å². The third-order valence-corrected chi connectivity index (χ3v) is 2.72. The standard InChI is InChI=1S/C14H16N2O/c1-3-6-15-14(17)8-11-9-16-13-7-10(2)4-5-12(11)13/h3-5,7,9,16H,1,6,8H2,2H3,(H,15,17). The van der Waals surface area contributed by atoms with Crippen molar-refractivity contribution in [1.82, 2.24) is 10.3 Å². The second-order valence-corrected chi connectivity index (χ2v) is 4.13. The molecule has 3 nitrogen and oxygen atoms in total. The lowest BCUT2D eigenvalue weighted by molar-refractivity contribution is -0.120. The molecule has 2 aromatic rings. The van der Waals surface area contributed by atoms with E-state index in [1.54, 1.807) is 6.08 Å². The molecule has 1 amide bonds. The Balaban J connectivity index is 2.19. The number of carbonyl (C=O) groups is 1. The van der Waals surface area contributed by atoms with Gasteiger partial charge in [0.25, 0.3) is 0 Å². The van der Waals surface area contributed by atoms with Crippen LogP contribution in [0.3, 0.4) is 0 Å². The Labute approximate surface area is 101 Å². The van der Waals surface area contributed by atoms with Crippen LogP contribution in [0.2, 0.25) is 0 Å². The Bertz CT molecular complexity index is 554. The summed E-state index contributed by atoms with van der Waals surface area (Å²) in [5, 5.41) is 3.89. The normalized spacial score (nSPS) is 10.4. The molecule has 0 aliphatic heterocycles. The molecule has 17 heavy (non-hydrogen) atoms. The molecule has 0 aliphatic rings. The first-order chi connectivity index (χ1) is 8.20. The van der Waals surface area contributed by atoms with E-state index in [9.17, 15) is 4.79 Å². The number of carbonyl (C=O) groups excluding carboxylic acids is 1. The van der Waals surface area contributed by atoms with Crippen LogP contribution in [-0.4, -0.2) is 17.4 Å². The van der Waals surface area contributed by atoms with Crippen molar-refractivity contribution in [3.05, 3.63) is 48.2 Å². The predicted molar refractivity (Wildman–Crippen MR) is 69.9 cm³/mol. The third kappa shape index (κ3) is 2.56. The van der Waals surface area contributed by atoms with E-state index in [0.29, 0.717) is 13.0 Å². The maximum atomic E-state index is 11.6. The summed E-state index contributed by atoms with van der Waals surface area (Å²) in [6.07, 6.45) is 3.98. The number of hydrogen-bond acceptors (Lipinski definition) is 1. The Morgan fingerprint density at radius 2 is 2.35 bits per heavy atom. The van der Waals surface area contributed by atoms with Crippen molar-refractivity contribution < 1.29 is 4.79 Å². The van der Waals surface area contributed by atoms with Gasteiger partial charge in [-0.3, -0.25) is 4.79 Å². The van der Waals surface area contributed by atoms with Gasteiger partial charge in [-0.05, 0) is 24.1 Å². The summed E-state index contributed by atoms with van der Waals surface area (Å²) in [6.45, 7) is 6.13. The zero-order valence-electron chi connectivity index (χ0n) is 9.92. The second kappa shape index (κ2) is 4.87. The van der Waals surface area contributed by atoms with Gasteiger partial charge < -0.3 is 10.3 Å². The minimum absolute atomic E-state index is 0.0198. The lowest BCUT2D eigenvalue weighted by atomic mass is 10.1. The van der Waals surface area contributed by atoms with E-state index < -0.39 is 0 Å². The first-order valence-corrected chi connectivity index (χ1v) is 5.65. The number of amides is 1. The number of aromatic nitrogens is 1. The molecule has 0 bridgehead atoms. The van der Waals surface area contributed by atoms with Gasteiger partial charge in [-0.15, -0.1) is 6.58 Å². The van der Waals surface area contributed by atoms with E-state index in [1.165, 1.54) is 5.56 Å². The van der Waals surface area contributed by atoms with Crippen LogP contribution in [0.25, 0.3) is 10.9 Å². The van der Waals surface area contributed by atoms with Crippen LogP contribution in [-0.2, 0) is 11.2 Å². The Kier molecular flexibility index (Phi) is 3.28. The van der Waals surface area contributed by atoms with Gasteiger partial charge in [0.1, 0.15) is 0 Å². The van der Waals surface area contributed by atoms with E-state index >= 15 is 0 Å². The fraction of sp³-hybridized carbons (Fsp3) is 0.214. The smallest absolute Gasteiger partial charge is 0.224 e. The Morgan fingerprint density at radius 3 is 3.12 bits per heavy atom. The average molecular weight is 228 g/mol. The zero-order valence-corrected chi connectivity index (χ0v) is 9.92. The molecule has 2 rings (SSSR count). The van der Waals surface area contributed by atoms with Crippen LogP contribution in [0.1, 0.15) is 11.1 Å². The number of hydrogen-bond donors (Lipinski definition) is 2. The van der Waals surface area contributed by atoms with E-state index in [2.05, 4.69) is 42.0 Å². The molecule has 0 atom stereocenters. The number of aromatic amines is 1. The van der Waals surface area contributed by atoms with Crippen molar-refractivity contribution in [2.24, 2.45) is 0 Å². The van der Waals surface area contributed by atoms with Gasteiger partial charge in [0.05, 0.1) is 6.42 Å². The molecule has 1 aromatic carbocycles. The van der Waals surface area contributed by atoms with Crippen molar-refractivity contribution in [1.29, 1.82) is 0 Å². The molecule has 3 heteroatoms. The van der Waals surface area contributed by atoms with Crippen LogP contribution >= 0.6 is 0 Å².